The van der Waals surface area contributed by atoms with Gasteiger partial charge in [0.1, 0.15) is 24.2 Å². The van der Waals surface area contributed by atoms with Gasteiger partial charge in [-0.15, -0.1) is 5.10 Å². The van der Waals surface area contributed by atoms with Gasteiger partial charge in [0, 0.05) is 32.0 Å². The topological polar surface area (TPSA) is 95.4 Å². The molecule has 9 heteroatoms. The smallest absolute Gasteiger partial charge is 0.257 e. The lowest BCUT2D eigenvalue weighted by Crippen LogP contribution is -2.29. The summed E-state index contributed by atoms with van der Waals surface area (Å²) in [4.78, 5) is 9.00. The molecular weight excluding hydrogens is 348 g/mol. The van der Waals surface area contributed by atoms with E-state index in [0.717, 1.165) is 42.2 Å². The summed E-state index contributed by atoms with van der Waals surface area (Å²) in [6.45, 7) is 6.45. The molecule has 2 bridgehead atoms. The fourth-order valence-electron chi connectivity index (χ4n) is 3.39. The highest BCUT2D eigenvalue weighted by Crippen LogP contribution is 2.34. The van der Waals surface area contributed by atoms with Crippen molar-refractivity contribution >= 4 is 17.5 Å². The Bertz CT molecular complexity index is 803. The Morgan fingerprint density at radius 2 is 2.19 bits per heavy atom. The van der Waals surface area contributed by atoms with Crippen molar-refractivity contribution in [3.05, 3.63) is 17.5 Å². The van der Waals surface area contributed by atoms with Gasteiger partial charge >= 0.3 is 0 Å². The predicted octanol–water partition coefficient (Wildman–Crippen LogP) is 2.20. The van der Waals surface area contributed by atoms with Crippen molar-refractivity contribution in [1.82, 2.24) is 19.7 Å². The van der Waals surface area contributed by atoms with Crippen molar-refractivity contribution in [2.75, 3.05) is 44.1 Å². The van der Waals surface area contributed by atoms with Gasteiger partial charge in [0.05, 0.1) is 18.3 Å². The third-order valence-electron chi connectivity index (χ3n) is 5.04. The minimum absolute atomic E-state index is 0.128. The van der Waals surface area contributed by atoms with Gasteiger partial charge in [0.25, 0.3) is 5.88 Å². The van der Waals surface area contributed by atoms with Crippen LogP contribution in [0.3, 0.4) is 0 Å². The number of hydrogen-bond acceptors (Lipinski definition) is 8. The number of nitrogens with zero attached hydrogens (tertiary/aromatic N) is 4. The zero-order chi connectivity index (χ0) is 18.8. The number of methoxy groups -OCH3 is 1. The zero-order valence-corrected chi connectivity index (χ0v) is 16.0. The van der Waals surface area contributed by atoms with Gasteiger partial charge in [-0.2, -0.15) is 4.98 Å². The SMILES string of the molecule is COC1CNc2nc(ncc2C)Nc2c(nn(C3CCCOC3)c2C)OC1. The Kier molecular flexibility index (Phi) is 5.13. The standard InChI is InChI=1S/C18H26N6O3/c1-11-7-20-18-21-15-12(2)24(13-5-4-6-26-9-13)23-17(15)27-10-14(25-3)8-19-16(11)22-18/h7,13-14H,4-6,8-10H2,1-3H3,(H2,19,20,21,22). The summed E-state index contributed by atoms with van der Waals surface area (Å²) in [5.74, 6) is 1.82. The van der Waals surface area contributed by atoms with Crippen molar-refractivity contribution in [3.8, 4) is 5.88 Å². The van der Waals surface area contributed by atoms with Crippen molar-refractivity contribution in [3.63, 3.8) is 0 Å². The first-order valence-electron chi connectivity index (χ1n) is 9.32. The number of ether oxygens (including phenoxy) is 3. The number of anilines is 3. The average molecular weight is 374 g/mol. The average Bonchev–Trinajstić information content (AvgIpc) is 2.99. The zero-order valence-electron chi connectivity index (χ0n) is 16.0. The summed E-state index contributed by atoms with van der Waals surface area (Å²) in [7, 11) is 1.68. The van der Waals surface area contributed by atoms with Crippen LogP contribution in [0.5, 0.6) is 5.88 Å². The van der Waals surface area contributed by atoms with Crippen LogP contribution >= 0.6 is 0 Å². The molecule has 27 heavy (non-hydrogen) atoms. The van der Waals surface area contributed by atoms with E-state index in [-0.39, 0.29) is 12.1 Å². The van der Waals surface area contributed by atoms with Crippen LogP contribution in [0.4, 0.5) is 17.5 Å². The molecule has 2 aliphatic heterocycles. The molecule has 2 unspecified atom stereocenters. The van der Waals surface area contributed by atoms with Gasteiger partial charge in [-0.3, -0.25) is 4.68 Å². The highest BCUT2D eigenvalue weighted by Gasteiger charge is 2.25. The Hall–Kier alpha value is -2.39. The second-order valence-electron chi connectivity index (χ2n) is 6.98. The van der Waals surface area contributed by atoms with E-state index in [0.29, 0.717) is 31.6 Å². The summed E-state index contributed by atoms with van der Waals surface area (Å²) < 4.78 is 19.2. The Morgan fingerprint density at radius 3 is 2.96 bits per heavy atom. The molecule has 9 nitrogen and oxygen atoms in total. The van der Waals surface area contributed by atoms with Gasteiger partial charge in [-0.05, 0) is 26.7 Å². The molecule has 2 N–H and O–H groups in total. The number of rotatable bonds is 2. The summed E-state index contributed by atoms with van der Waals surface area (Å²) in [6, 6.07) is 0.207. The molecule has 0 amide bonds. The van der Waals surface area contributed by atoms with Gasteiger partial charge in [-0.25, -0.2) is 4.98 Å². The monoisotopic (exact) mass is 374 g/mol. The molecule has 1 saturated heterocycles. The molecule has 0 saturated carbocycles. The molecule has 2 aromatic heterocycles. The van der Waals surface area contributed by atoms with Crippen molar-refractivity contribution < 1.29 is 14.2 Å². The van der Waals surface area contributed by atoms with E-state index in [2.05, 4.69) is 20.6 Å². The molecule has 0 spiro atoms. The van der Waals surface area contributed by atoms with Crippen molar-refractivity contribution in [1.29, 1.82) is 0 Å². The van der Waals surface area contributed by atoms with E-state index in [1.165, 1.54) is 0 Å². The maximum Gasteiger partial charge on any atom is 0.257 e. The molecule has 0 radical (unpaired) electrons. The molecule has 2 aliphatic rings. The number of fused-ring (bicyclic) bond motifs is 3. The van der Waals surface area contributed by atoms with Crippen LogP contribution in [-0.4, -0.2) is 59.3 Å². The first-order chi connectivity index (χ1) is 13.2. The molecule has 1 fully saturated rings. The maximum absolute atomic E-state index is 6.03. The van der Waals surface area contributed by atoms with E-state index < -0.39 is 0 Å². The fraction of sp³-hybridized carbons (Fsp3) is 0.611. The summed E-state index contributed by atoms with van der Waals surface area (Å²) in [6.07, 6.45) is 3.74. The first-order valence-corrected chi connectivity index (χ1v) is 9.32. The maximum atomic E-state index is 6.03. The third kappa shape index (κ3) is 3.70. The molecule has 0 aliphatic carbocycles. The summed E-state index contributed by atoms with van der Waals surface area (Å²) >= 11 is 0. The molecular formula is C18H26N6O3. The third-order valence-corrected chi connectivity index (χ3v) is 5.04. The minimum Gasteiger partial charge on any atom is -0.472 e. The van der Waals surface area contributed by atoms with Crippen molar-refractivity contribution in [2.45, 2.75) is 38.8 Å². The molecule has 2 aromatic rings. The first kappa shape index (κ1) is 18.0. The van der Waals surface area contributed by atoms with Crippen LogP contribution in [0.2, 0.25) is 0 Å². The largest absolute Gasteiger partial charge is 0.472 e. The number of aromatic nitrogens is 4. The Balaban J connectivity index is 1.72. The molecule has 4 rings (SSSR count). The van der Waals surface area contributed by atoms with E-state index in [1.54, 1.807) is 13.3 Å². The number of nitrogens with one attached hydrogen (secondary N) is 2. The Morgan fingerprint density at radius 1 is 1.30 bits per heavy atom. The summed E-state index contributed by atoms with van der Waals surface area (Å²) in [5, 5.41) is 11.3. The van der Waals surface area contributed by atoms with Gasteiger partial charge in [0.2, 0.25) is 5.95 Å². The van der Waals surface area contributed by atoms with Crippen LogP contribution in [-0.2, 0) is 9.47 Å². The van der Waals surface area contributed by atoms with E-state index in [9.17, 15) is 0 Å². The quantitative estimate of drug-likeness (QED) is 0.826. The van der Waals surface area contributed by atoms with Gasteiger partial charge < -0.3 is 24.8 Å². The van der Waals surface area contributed by atoms with Gasteiger partial charge in [-0.1, -0.05) is 0 Å². The summed E-state index contributed by atoms with van der Waals surface area (Å²) in [5.41, 5.74) is 2.74. The second-order valence-corrected chi connectivity index (χ2v) is 6.98. The van der Waals surface area contributed by atoms with Crippen LogP contribution in [0, 0.1) is 13.8 Å². The van der Waals surface area contributed by atoms with E-state index in [4.69, 9.17) is 19.3 Å². The highest BCUT2D eigenvalue weighted by atomic mass is 16.5. The highest BCUT2D eigenvalue weighted by molar-refractivity contribution is 5.64. The van der Waals surface area contributed by atoms with Crippen LogP contribution in [0.15, 0.2) is 6.20 Å². The molecule has 4 heterocycles. The van der Waals surface area contributed by atoms with E-state index >= 15 is 0 Å². The molecule has 0 aromatic carbocycles. The minimum atomic E-state index is -0.128. The lowest BCUT2D eigenvalue weighted by Gasteiger charge is -2.23. The number of hydrogen-bond donors (Lipinski definition) is 2. The predicted molar refractivity (Wildman–Crippen MR) is 101 cm³/mol. The van der Waals surface area contributed by atoms with Crippen molar-refractivity contribution in [2.24, 2.45) is 0 Å². The normalized spacial score (nSPS) is 22.6. The molecule has 146 valence electrons. The van der Waals surface area contributed by atoms with Crippen LogP contribution in [0.25, 0.3) is 0 Å². The van der Waals surface area contributed by atoms with Gasteiger partial charge in [0.15, 0.2) is 0 Å². The fourth-order valence-corrected chi connectivity index (χ4v) is 3.39. The second kappa shape index (κ2) is 7.69. The lowest BCUT2D eigenvalue weighted by atomic mass is 10.1. The number of aryl methyl sites for hydroxylation is 1. The Labute approximate surface area is 158 Å². The lowest BCUT2D eigenvalue weighted by molar-refractivity contribution is 0.0516. The van der Waals surface area contributed by atoms with Crippen LogP contribution < -0.4 is 15.4 Å². The van der Waals surface area contributed by atoms with Crippen LogP contribution in [0.1, 0.15) is 30.1 Å². The van der Waals surface area contributed by atoms with E-state index in [1.807, 2.05) is 18.5 Å². The molecule has 2 atom stereocenters.